The van der Waals surface area contributed by atoms with Gasteiger partial charge in [0.2, 0.25) is 16.3 Å². The molecule has 0 bridgehead atoms. The molecule has 556 valence electrons. The number of aromatic hydroxyl groups is 2. The molecule has 7 heterocycles. The van der Waals surface area contributed by atoms with E-state index in [1.54, 1.807) is 68.9 Å². The van der Waals surface area contributed by atoms with E-state index in [0.717, 1.165) is 73.2 Å². The van der Waals surface area contributed by atoms with Crippen LogP contribution in [0.2, 0.25) is 0 Å². The van der Waals surface area contributed by atoms with Crippen LogP contribution in [0.3, 0.4) is 0 Å². The van der Waals surface area contributed by atoms with Crippen LogP contribution in [0.15, 0.2) is 227 Å². The fourth-order valence-corrected chi connectivity index (χ4v) is 15.3. The molecular formula is C83H90F3K2N9O11. The van der Waals surface area contributed by atoms with Crippen LogP contribution >= 0.6 is 0 Å². The van der Waals surface area contributed by atoms with Gasteiger partial charge in [-0.3, -0.25) is 48.0 Å². The van der Waals surface area contributed by atoms with Crippen molar-refractivity contribution in [3.05, 3.63) is 322 Å². The number of aromatic nitrogens is 6. The minimum Gasteiger partial charge on any atom is -1.00 e. The second kappa shape index (κ2) is 41.5. The Morgan fingerprint density at radius 2 is 1.04 bits per heavy atom. The largest absolute Gasteiger partial charge is 1.00 e. The monoisotopic (exact) mass is 1520 g/mol. The predicted octanol–water partition coefficient (Wildman–Crippen LogP) is 7.04. The average Bonchev–Trinajstić information content (AvgIpc) is 1.72. The fourth-order valence-electron chi connectivity index (χ4n) is 15.3. The number of aromatic amines is 1. The summed E-state index contributed by atoms with van der Waals surface area (Å²) in [4.78, 5) is 93.4. The van der Waals surface area contributed by atoms with E-state index >= 15 is 8.78 Å². The maximum Gasteiger partial charge on any atom is 1.00 e. The number of carbonyl (C=O) groups excluding carboxylic acids is 4. The zero-order valence-electron chi connectivity index (χ0n) is 59.8. The second-order valence-corrected chi connectivity index (χ2v) is 26.0. The van der Waals surface area contributed by atoms with Crippen molar-refractivity contribution in [1.82, 2.24) is 44.5 Å². The molecule has 0 aliphatic carbocycles. The van der Waals surface area contributed by atoms with Gasteiger partial charge in [-0.05, 0) is 114 Å². The number of nitrogens with zero attached hydrogens (tertiary/aromatic N) is 8. The van der Waals surface area contributed by atoms with Gasteiger partial charge in [-0.2, -0.15) is 15.3 Å². The van der Waals surface area contributed by atoms with Gasteiger partial charge in [0, 0.05) is 61.2 Å². The predicted molar refractivity (Wildman–Crippen MR) is 398 cm³/mol. The number of hydrogen-bond acceptors (Lipinski definition) is 14. The third-order valence-electron chi connectivity index (χ3n) is 20.0. The zero-order valence-corrected chi connectivity index (χ0v) is 65.1. The summed E-state index contributed by atoms with van der Waals surface area (Å²) in [5, 5.41) is 43.8. The van der Waals surface area contributed by atoms with E-state index in [-0.39, 0.29) is 221 Å². The minimum absolute atomic E-state index is 0. The van der Waals surface area contributed by atoms with Crippen LogP contribution in [-0.2, 0) is 16.2 Å². The molecular weight excluding hydrogens is 1430 g/mol. The van der Waals surface area contributed by atoms with Crippen LogP contribution in [0.25, 0.3) is 0 Å². The van der Waals surface area contributed by atoms with Crippen LogP contribution < -0.4 is 124 Å². The number of halogens is 3. The Balaban J connectivity index is 0.000000280. The first-order valence-corrected chi connectivity index (χ1v) is 34.1. The summed E-state index contributed by atoms with van der Waals surface area (Å²) >= 11 is 0. The molecule has 0 spiro atoms. The standard InChI is InChI=1S/C32H32FN3O2.C24H24FN3O3.C23H20FN3O3.CH2O3.3CH4.2K.H/c1-22-20-35(21-24-12-5-3-6-13-24)34-30(31(22)37)32(38)36-19-11-18-28(36)23(2)29(25-14-7-4-8-15-25)26-16-9-10-17-27(26)33;1-15(21(16-8-3-2-4-9-16)17-10-5-6-11-18(17)25)19-12-7-13-28(19)24(31)22-23(30)20(29)14-26-27-22;24-16-10-5-4-9-15(16)19(14-7-2-1-3-8-14)20-17-11-6-12-26(17)23(30)21-22(29)18(28)13-25-27(20)21;2-1-4-3;;;;;;/h3-10,12-17,20,23,28-29H,11,18-19,21H2,1-2H3;2-6,8-11,14-15,19,21H,7,12-13H2,1H3,(H,26,30)(H,27,29);1-5,7-10,13,17,19-20,29H,6,11-12H2;1,3H;3*1H4;;;/q;;;;;;;2*+1;-1/p-1/t23-,28+,29-;15-,19+,21-;17-,19+,20-;;;;;;;/m001......./s1. The first kappa shape index (κ1) is 88.6. The minimum atomic E-state index is -0.709. The zero-order chi connectivity index (χ0) is 72.8. The maximum atomic E-state index is 15.1. The number of carbonyl (C=O) groups is 4. The third kappa shape index (κ3) is 19.8. The van der Waals surface area contributed by atoms with E-state index in [1.807, 2.05) is 146 Å². The van der Waals surface area contributed by atoms with Crippen LogP contribution in [0.1, 0.15) is 176 Å². The molecule has 25 heteroatoms. The average molecular weight is 1520 g/mol. The quantitative estimate of drug-likeness (QED) is 0.0379. The molecule has 108 heavy (non-hydrogen) atoms. The molecule has 4 aliphatic heterocycles. The Bertz CT molecular complexity index is 4830. The van der Waals surface area contributed by atoms with Crippen molar-refractivity contribution in [3.63, 3.8) is 0 Å². The molecule has 3 saturated heterocycles. The number of likely N-dealkylation sites (tertiary alicyclic amines) is 2. The van der Waals surface area contributed by atoms with Crippen LogP contribution in [0, 0.1) is 36.2 Å². The summed E-state index contributed by atoms with van der Waals surface area (Å²) in [6.45, 7) is 7.66. The molecule has 4 aliphatic rings. The van der Waals surface area contributed by atoms with Gasteiger partial charge in [0.05, 0.1) is 31.0 Å². The van der Waals surface area contributed by atoms with E-state index in [0.29, 0.717) is 48.4 Å². The number of hydrogen-bond donors (Lipinski definition) is 3. The molecule has 0 radical (unpaired) electrons. The topological polar surface area (TPSA) is 266 Å². The van der Waals surface area contributed by atoms with Crippen LogP contribution in [0.5, 0.6) is 11.5 Å². The van der Waals surface area contributed by atoms with Crippen molar-refractivity contribution < 1.29 is 157 Å². The molecule has 7 aromatic carbocycles. The van der Waals surface area contributed by atoms with Gasteiger partial charge in [0.25, 0.3) is 24.2 Å². The first-order chi connectivity index (χ1) is 49.9. The number of amides is 3. The van der Waals surface area contributed by atoms with Crippen LogP contribution in [-0.4, -0.2) is 117 Å². The summed E-state index contributed by atoms with van der Waals surface area (Å²) in [7, 11) is 0. The van der Waals surface area contributed by atoms with Crippen molar-refractivity contribution in [1.29, 1.82) is 0 Å². The molecule has 0 saturated carbocycles. The van der Waals surface area contributed by atoms with Crippen molar-refractivity contribution >= 4 is 24.2 Å². The molecule has 3 aromatic heterocycles. The molecule has 10 aromatic rings. The summed E-state index contributed by atoms with van der Waals surface area (Å²) in [5.74, 6) is -4.52. The molecule has 14 rings (SSSR count). The van der Waals surface area contributed by atoms with E-state index < -0.39 is 46.1 Å². The van der Waals surface area contributed by atoms with Gasteiger partial charge in [-0.25, -0.2) is 13.2 Å². The number of rotatable bonds is 16. The number of nitrogens with one attached hydrogen (secondary N) is 1. The van der Waals surface area contributed by atoms with Gasteiger partial charge in [-0.1, -0.05) is 212 Å². The smallest absolute Gasteiger partial charge is 1.00 e. The molecule has 3 amide bonds. The Morgan fingerprint density at radius 3 is 1.53 bits per heavy atom. The van der Waals surface area contributed by atoms with Gasteiger partial charge in [0.1, 0.15) is 17.5 Å². The van der Waals surface area contributed by atoms with Gasteiger partial charge >= 0.3 is 103 Å². The second-order valence-electron chi connectivity index (χ2n) is 26.0. The van der Waals surface area contributed by atoms with Crippen molar-refractivity contribution in [2.24, 2.45) is 11.8 Å². The van der Waals surface area contributed by atoms with Crippen molar-refractivity contribution in [2.75, 3.05) is 19.6 Å². The maximum absolute atomic E-state index is 15.1. The fraction of sp³-hybridized carbons (Fsp3) is 0.301. The van der Waals surface area contributed by atoms with Crippen molar-refractivity contribution in [3.8, 4) is 11.5 Å². The Kier molecular flexibility index (Phi) is 34.0. The molecule has 3 fully saturated rings. The third-order valence-corrected chi connectivity index (χ3v) is 20.0. The van der Waals surface area contributed by atoms with E-state index in [9.17, 15) is 43.4 Å². The SMILES string of the molecule is C.C.C.C[C@H]([C@@H](c1ccccc1)c1ccccc1F)[C@H]1CCCN1C(=O)c1[nH]ncc(=O)c1O.Cc1cn(Cc2ccccc2)nc(C(=O)N2CCC[C@@H]2[C@H](C)[C@@H](c2ccccc2)c2ccccc2F)c1=O.O=C1c2c(O)c(=O)cnn2[C@@H]([C@@H](c2ccccc2)c2ccccc2F)[C@H]2CCCN12.O=CO[O-].[H-].[K+].[K+]. The van der Waals surface area contributed by atoms with E-state index in [2.05, 4.69) is 32.2 Å². The number of fused-ring (bicyclic) bond motifs is 2. The summed E-state index contributed by atoms with van der Waals surface area (Å²) in [6, 6.07) is 58.1. The number of aryl methyl sites for hydroxylation is 1. The summed E-state index contributed by atoms with van der Waals surface area (Å²) in [6.07, 6.45) is 8.32. The van der Waals surface area contributed by atoms with Crippen LogP contribution in [0.4, 0.5) is 13.2 Å². The Hall–Kier alpha value is -8.32. The number of benzene rings is 7. The molecule has 20 nitrogen and oxygen atoms in total. The normalized spacial score (nSPS) is 17.2. The Labute approximate surface area is 713 Å². The first-order valence-electron chi connectivity index (χ1n) is 34.1. The Morgan fingerprint density at radius 1 is 0.602 bits per heavy atom. The van der Waals surface area contributed by atoms with Gasteiger partial charge < -0.3 is 36.5 Å². The van der Waals surface area contributed by atoms with E-state index in [1.165, 1.54) is 22.9 Å². The van der Waals surface area contributed by atoms with E-state index in [4.69, 9.17) is 10.1 Å². The molecule has 0 unspecified atom stereocenters. The summed E-state index contributed by atoms with van der Waals surface area (Å²) in [5.41, 5.74) is 3.91. The molecule has 9 atom stereocenters. The van der Waals surface area contributed by atoms with Gasteiger partial charge in [-0.15, -0.1) is 0 Å². The molecule has 3 N–H and O–H groups in total. The van der Waals surface area contributed by atoms with Gasteiger partial charge in [0.15, 0.2) is 28.6 Å². The van der Waals surface area contributed by atoms with Crippen molar-refractivity contribution in [2.45, 2.75) is 130 Å². The number of H-pyrrole nitrogens is 1. The summed E-state index contributed by atoms with van der Waals surface area (Å²) < 4.78 is 48.0.